The van der Waals surface area contributed by atoms with Crippen molar-refractivity contribution in [1.82, 2.24) is 20.1 Å². The Kier molecular flexibility index (Phi) is 8.35. The van der Waals surface area contributed by atoms with Crippen LogP contribution < -0.4 is 10.2 Å². The predicted molar refractivity (Wildman–Crippen MR) is 152 cm³/mol. The normalized spacial score (nSPS) is 24.3. The zero-order valence-corrected chi connectivity index (χ0v) is 24.1. The van der Waals surface area contributed by atoms with Crippen LogP contribution in [0.3, 0.4) is 0 Å². The average molecular weight is 554 g/mol. The monoisotopic (exact) mass is 553 g/mol. The highest BCUT2D eigenvalue weighted by atomic mass is 32.1. The molecule has 3 fully saturated rings. The van der Waals surface area contributed by atoms with E-state index in [1.54, 1.807) is 28.4 Å². The number of amides is 2. The molecule has 1 N–H and O–H groups in total. The van der Waals surface area contributed by atoms with Crippen molar-refractivity contribution in [3.8, 4) is 11.3 Å². The van der Waals surface area contributed by atoms with Gasteiger partial charge < -0.3 is 24.8 Å². The van der Waals surface area contributed by atoms with E-state index in [9.17, 15) is 14.4 Å². The lowest BCUT2D eigenvalue weighted by Gasteiger charge is -2.32. The first-order valence-electron chi connectivity index (χ1n) is 14.0. The van der Waals surface area contributed by atoms with E-state index in [2.05, 4.69) is 34.5 Å². The number of carbonyl (C=O) groups is 3. The summed E-state index contributed by atoms with van der Waals surface area (Å²) in [6, 6.07) is 6.13. The molecule has 1 aromatic heterocycles. The molecular formula is C29H39N5O4S. The Balaban J connectivity index is 1.26. The Bertz CT molecular complexity index is 1190. The molecule has 9 nitrogen and oxygen atoms in total. The smallest absolute Gasteiger partial charge is 0.251 e. The lowest BCUT2D eigenvalue weighted by Crippen LogP contribution is -2.52. The van der Waals surface area contributed by atoms with Gasteiger partial charge in [-0.15, -0.1) is 11.3 Å². The van der Waals surface area contributed by atoms with E-state index in [1.165, 1.54) is 0 Å². The number of benzene rings is 1. The number of thiazole rings is 1. The van der Waals surface area contributed by atoms with Gasteiger partial charge in [-0.25, -0.2) is 4.98 Å². The molecule has 4 heterocycles. The van der Waals surface area contributed by atoms with Gasteiger partial charge in [0.25, 0.3) is 5.91 Å². The van der Waals surface area contributed by atoms with Crippen molar-refractivity contribution in [3.63, 3.8) is 0 Å². The highest BCUT2D eigenvalue weighted by molar-refractivity contribution is 7.14. The molecule has 4 atom stereocenters. The summed E-state index contributed by atoms with van der Waals surface area (Å²) in [5.74, 6) is -0.217. The van der Waals surface area contributed by atoms with Gasteiger partial charge in [-0.05, 0) is 37.9 Å². The Labute approximate surface area is 234 Å². The van der Waals surface area contributed by atoms with E-state index < -0.39 is 12.1 Å². The maximum Gasteiger partial charge on any atom is 0.251 e. The first kappa shape index (κ1) is 27.7. The topological polar surface area (TPSA) is 95.1 Å². The van der Waals surface area contributed by atoms with Crippen molar-refractivity contribution in [1.29, 1.82) is 0 Å². The molecule has 0 aliphatic carbocycles. The van der Waals surface area contributed by atoms with Crippen molar-refractivity contribution in [2.24, 2.45) is 11.8 Å². The number of Topliss-reactive ketones (excluding diaryl/α,β-unsaturated/α-hetero) is 1. The second kappa shape index (κ2) is 11.7. The predicted octanol–water partition coefficient (Wildman–Crippen LogP) is 2.91. The molecule has 1 aromatic carbocycles. The Morgan fingerprint density at radius 1 is 1.15 bits per heavy atom. The fourth-order valence-corrected chi connectivity index (χ4v) is 6.70. The number of aromatic nitrogens is 1. The van der Waals surface area contributed by atoms with E-state index in [0.717, 1.165) is 49.0 Å². The summed E-state index contributed by atoms with van der Waals surface area (Å²) in [7, 11) is 2.14. The minimum atomic E-state index is -0.702. The number of nitrogens with one attached hydrogen (secondary N) is 1. The lowest BCUT2D eigenvalue weighted by atomic mass is 9.99. The van der Waals surface area contributed by atoms with Crippen molar-refractivity contribution in [2.75, 3.05) is 51.3 Å². The minimum Gasteiger partial charge on any atom is -0.367 e. The van der Waals surface area contributed by atoms with Crippen molar-refractivity contribution in [3.05, 3.63) is 35.2 Å². The van der Waals surface area contributed by atoms with Crippen LogP contribution >= 0.6 is 11.3 Å². The molecule has 1 unspecified atom stereocenters. The number of anilines is 1. The number of hydrogen-bond donors (Lipinski definition) is 1. The molecular weight excluding hydrogens is 514 g/mol. The first-order chi connectivity index (χ1) is 18.7. The summed E-state index contributed by atoms with van der Waals surface area (Å²) < 4.78 is 5.73. The number of likely N-dealkylation sites (N-methyl/N-ethyl adjacent to an activating group) is 1. The van der Waals surface area contributed by atoms with Crippen molar-refractivity contribution in [2.45, 2.75) is 51.8 Å². The summed E-state index contributed by atoms with van der Waals surface area (Å²) in [5, 5.41) is 6.05. The molecule has 210 valence electrons. The van der Waals surface area contributed by atoms with Crippen LogP contribution in [0, 0.1) is 11.8 Å². The van der Waals surface area contributed by atoms with E-state index in [4.69, 9.17) is 9.72 Å². The van der Waals surface area contributed by atoms with Crippen LogP contribution in [0.4, 0.5) is 5.13 Å². The van der Waals surface area contributed by atoms with Gasteiger partial charge in [-0.1, -0.05) is 32.9 Å². The molecule has 3 aliphatic heterocycles. The third kappa shape index (κ3) is 5.88. The number of hydrogen-bond acceptors (Lipinski definition) is 8. The summed E-state index contributed by atoms with van der Waals surface area (Å²) in [6.45, 7) is 10.6. The molecule has 10 heteroatoms. The maximum atomic E-state index is 13.7. The Morgan fingerprint density at radius 3 is 2.54 bits per heavy atom. The summed E-state index contributed by atoms with van der Waals surface area (Å²) in [6.07, 6.45) is 1.09. The summed E-state index contributed by atoms with van der Waals surface area (Å²) >= 11 is 1.64. The van der Waals surface area contributed by atoms with Gasteiger partial charge in [0, 0.05) is 55.1 Å². The molecule has 0 bridgehead atoms. The fourth-order valence-electron chi connectivity index (χ4n) is 5.81. The van der Waals surface area contributed by atoms with Crippen LogP contribution in [-0.4, -0.2) is 96.9 Å². The van der Waals surface area contributed by atoms with E-state index in [0.29, 0.717) is 18.5 Å². The van der Waals surface area contributed by atoms with Gasteiger partial charge in [0.1, 0.15) is 18.7 Å². The number of carbonyl (C=O) groups excluding carboxylic acids is 3. The molecule has 0 radical (unpaired) electrons. The first-order valence-corrected chi connectivity index (χ1v) is 14.9. The second-order valence-electron chi connectivity index (χ2n) is 11.4. The number of likely N-dealkylation sites (tertiary alicyclic amines) is 1. The maximum absolute atomic E-state index is 13.7. The summed E-state index contributed by atoms with van der Waals surface area (Å²) in [5.41, 5.74) is 2.33. The minimum absolute atomic E-state index is 0.0488. The van der Waals surface area contributed by atoms with Gasteiger partial charge in [-0.3, -0.25) is 14.4 Å². The van der Waals surface area contributed by atoms with E-state index >= 15 is 0 Å². The van der Waals surface area contributed by atoms with Crippen LogP contribution in [0.15, 0.2) is 29.6 Å². The largest absolute Gasteiger partial charge is 0.367 e. The second-order valence-corrected chi connectivity index (χ2v) is 12.2. The molecule has 2 amide bonds. The SMILES string of the molecule is CC[C@H]1CN(C(=O)C(CC(C)C)NC(=O)c2ccc(-c3csc(N4CCN(C)CC4)n3)cc2)[C@@H]2C(=O)CO[C@H]12. The lowest BCUT2D eigenvalue weighted by molar-refractivity contribution is -0.138. The van der Waals surface area contributed by atoms with Crippen LogP contribution in [0.1, 0.15) is 44.0 Å². The number of rotatable bonds is 8. The van der Waals surface area contributed by atoms with E-state index in [1.807, 2.05) is 26.0 Å². The highest BCUT2D eigenvalue weighted by Crippen LogP contribution is 2.34. The van der Waals surface area contributed by atoms with Crippen molar-refractivity contribution < 1.29 is 19.1 Å². The highest BCUT2D eigenvalue weighted by Gasteiger charge is 2.52. The average Bonchev–Trinajstić information content (AvgIpc) is 3.65. The van der Waals surface area contributed by atoms with Gasteiger partial charge in [0.15, 0.2) is 10.9 Å². The molecule has 3 saturated heterocycles. The van der Waals surface area contributed by atoms with Gasteiger partial charge in [0.05, 0.1) is 11.8 Å². The van der Waals surface area contributed by atoms with Crippen LogP contribution in [-0.2, 0) is 14.3 Å². The van der Waals surface area contributed by atoms with Crippen LogP contribution in [0.25, 0.3) is 11.3 Å². The van der Waals surface area contributed by atoms with Gasteiger partial charge in [0.2, 0.25) is 5.91 Å². The molecule has 39 heavy (non-hydrogen) atoms. The standard InChI is InChI=1S/C29H39N5O4S/c1-5-19-15-34(25-24(35)16-38-26(19)25)28(37)22(14-18(2)3)30-27(36)21-8-6-20(7-9-21)23-17-39-29(31-23)33-12-10-32(4)11-13-33/h6-9,17-19,22,25-26H,5,10-16H2,1-4H3,(H,30,36)/t19-,22?,25+,26+/m0/s1. The Hall–Kier alpha value is -2.82. The molecule has 2 aromatic rings. The molecule has 3 aliphatic rings. The zero-order valence-electron chi connectivity index (χ0n) is 23.3. The quantitative estimate of drug-likeness (QED) is 0.537. The van der Waals surface area contributed by atoms with Gasteiger partial charge >= 0.3 is 0 Å². The number of piperazine rings is 1. The fraction of sp³-hybridized carbons (Fsp3) is 0.586. The molecule has 5 rings (SSSR count). The Morgan fingerprint density at radius 2 is 1.87 bits per heavy atom. The number of ketones is 1. The number of ether oxygens (including phenoxy) is 1. The molecule has 0 saturated carbocycles. The summed E-state index contributed by atoms with van der Waals surface area (Å²) in [4.78, 5) is 50.6. The molecule has 0 spiro atoms. The van der Waals surface area contributed by atoms with Crippen molar-refractivity contribution >= 4 is 34.1 Å². The van der Waals surface area contributed by atoms with Crippen LogP contribution in [0.2, 0.25) is 0 Å². The zero-order chi connectivity index (χ0) is 27.7. The van der Waals surface area contributed by atoms with Gasteiger partial charge in [-0.2, -0.15) is 0 Å². The third-order valence-electron chi connectivity index (χ3n) is 8.12. The van der Waals surface area contributed by atoms with Crippen LogP contribution in [0.5, 0.6) is 0 Å². The van der Waals surface area contributed by atoms with E-state index in [-0.39, 0.29) is 42.1 Å². The number of fused-ring (bicyclic) bond motifs is 1. The third-order valence-corrected chi connectivity index (χ3v) is 9.02. The number of nitrogens with zero attached hydrogens (tertiary/aromatic N) is 4.